The van der Waals surface area contributed by atoms with E-state index in [-0.39, 0.29) is 6.10 Å². The summed E-state index contributed by atoms with van der Waals surface area (Å²) in [6.07, 6.45) is 3.81. The lowest BCUT2D eigenvalue weighted by Crippen LogP contribution is -2.34. The standard InChI is InChI=1S/C9H12ClN3O/c10-8-3-6-12-9(13-8)14-7-1-4-11-5-2-7/h3,6-7,11H,1-2,4-5H2. The second-order valence-electron chi connectivity index (χ2n) is 3.23. The van der Waals surface area contributed by atoms with Crippen LogP contribution >= 0.6 is 11.6 Å². The number of piperidine rings is 1. The van der Waals surface area contributed by atoms with Gasteiger partial charge in [-0.2, -0.15) is 4.98 Å². The molecule has 2 heterocycles. The molecule has 0 unspecified atom stereocenters. The average Bonchev–Trinajstić information content (AvgIpc) is 2.19. The summed E-state index contributed by atoms with van der Waals surface area (Å²) in [5, 5.41) is 3.69. The van der Waals surface area contributed by atoms with Crippen molar-refractivity contribution < 1.29 is 4.74 Å². The fraction of sp³-hybridized carbons (Fsp3) is 0.556. The van der Waals surface area contributed by atoms with E-state index in [9.17, 15) is 0 Å². The van der Waals surface area contributed by atoms with Crippen molar-refractivity contribution in [3.8, 4) is 6.01 Å². The van der Waals surface area contributed by atoms with Crippen LogP contribution in [0.25, 0.3) is 0 Å². The number of halogens is 1. The van der Waals surface area contributed by atoms with E-state index < -0.39 is 0 Å². The largest absolute Gasteiger partial charge is 0.460 e. The molecule has 0 aromatic carbocycles. The average molecular weight is 214 g/mol. The molecule has 0 saturated carbocycles. The van der Waals surface area contributed by atoms with E-state index in [1.807, 2.05) is 0 Å². The molecule has 0 aliphatic carbocycles. The van der Waals surface area contributed by atoms with Gasteiger partial charge in [-0.15, -0.1) is 0 Å². The zero-order chi connectivity index (χ0) is 9.80. The Morgan fingerprint density at radius 1 is 1.43 bits per heavy atom. The minimum Gasteiger partial charge on any atom is -0.460 e. The first-order valence-corrected chi connectivity index (χ1v) is 5.08. The predicted molar refractivity (Wildman–Crippen MR) is 53.6 cm³/mol. The van der Waals surface area contributed by atoms with E-state index in [0.29, 0.717) is 11.2 Å². The molecule has 76 valence electrons. The minimum atomic E-state index is 0.217. The molecule has 1 N–H and O–H groups in total. The summed E-state index contributed by atoms with van der Waals surface area (Å²) in [5.41, 5.74) is 0. The lowest BCUT2D eigenvalue weighted by atomic mass is 10.1. The van der Waals surface area contributed by atoms with Crippen molar-refractivity contribution in [2.75, 3.05) is 13.1 Å². The zero-order valence-corrected chi connectivity index (χ0v) is 8.50. The number of aromatic nitrogens is 2. The number of nitrogens with zero attached hydrogens (tertiary/aromatic N) is 2. The highest BCUT2D eigenvalue weighted by Gasteiger charge is 2.15. The van der Waals surface area contributed by atoms with Crippen LogP contribution in [0.2, 0.25) is 5.15 Å². The summed E-state index contributed by atoms with van der Waals surface area (Å²) in [6.45, 7) is 1.98. The van der Waals surface area contributed by atoms with Gasteiger partial charge in [0, 0.05) is 6.20 Å². The van der Waals surface area contributed by atoms with Gasteiger partial charge < -0.3 is 10.1 Å². The van der Waals surface area contributed by atoms with Crippen LogP contribution in [0.15, 0.2) is 12.3 Å². The number of hydrogen-bond acceptors (Lipinski definition) is 4. The summed E-state index contributed by atoms with van der Waals surface area (Å²) in [6, 6.07) is 2.01. The Hall–Kier alpha value is -0.870. The molecule has 2 rings (SSSR count). The Morgan fingerprint density at radius 3 is 2.93 bits per heavy atom. The van der Waals surface area contributed by atoms with Gasteiger partial charge in [-0.25, -0.2) is 4.98 Å². The van der Waals surface area contributed by atoms with Gasteiger partial charge in [0.2, 0.25) is 0 Å². The molecule has 0 bridgehead atoms. The highest BCUT2D eigenvalue weighted by molar-refractivity contribution is 6.29. The Morgan fingerprint density at radius 2 is 2.21 bits per heavy atom. The maximum absolute atomic E-state index is 5.72. The van der Waals surface area contributed by atoms with E-state index in [2.05, 4.69) is 15.3 Å². The number of ether oxygens (including phenoxy) is 1. The van der Waals surface area contributed by atoms with E-state index in [1.165, 1.54) is 0 Å². The van der Waals surface area contributed by atoms with Crippen molar-refractivity contribution in [3.63, 3.8) is 0 Å². The van der Waals surface area contributed by atoms with Crippen LogP contribution in [0.5, 0.6) is 6.01 Å². The van der Waals surface area contributed by atoms with Crippen molar-refractivity contribution in [1.82, 2.24) is 15.3 Å². The number of nitrogens with one attached hydrogen (secondary N) is 1. The third-order valence-electron chi connectivity index (χ3n) is 2.16. The molecule has 1 saturated heterocycles. The molecule has 1 aliphatic rings. The van der Waals surface area contributed by atoms with Crippen molar-refractivity contribution in [2.24, 2.45) is 0 Å². The molecule has 0 amide bonds. The third kappa shape index (κ3) is 2.56. The first-order valence-electron chi connectivity index (χ1n) is 4.70. The SMILES string of the molecule is Clc1ccnc(OC2CCNCC2)n1. The molecule has 5 heteroatoms. The monoisotopic (exact) mass is 213 g/mol. The van der Waals surface area contributed by atoms with Gasteiger partial charge in [-0.3, -0.25) is 0 Å². The second kappa shape index (κ2) is 4.57. The van der Waals surface area contributed by atoms with Gasteiger partial charge in [0.05, 0.1) is 0 Å². The first-order chi connectivity index (χ1) is 6.84. The van der Waals surface area contributed by atoms with Crippen LogP contribution in [0.1, 0.15) is 12.8 Å². The summed E-state index contributed by atoms with van der Waals surface area (Å²) < 4.78 is 5.59. The van der Waals surface area contributed by atoms with E-state index >= 15 is 0 Å². The first kappa shape index (κ1) is 9.68. The van der Waals surface area contributed by atoms with Crippen molar-refractivity contribution in [2.45, 2.75) is 18.9 Å². The summed E-state index contributed by atoms with van der Waals surface area (Å²) in [7, 11) is 0. The van der Waals surface area contributed by atoms with Gasteiger partial charge in [-0.1, -0.05) is 11.6 Å². The fourth-order valence-corrected chi connectivity index (χ4v) is 1.57. The molecule has 1 fully saturated rings. The summed E-state index contributed by atoms with van der Waals surface area (Å²) in [5.74, 6) is 0. The van der Waals surface area contributed by atoms with Crippen molar-refractivity contribution in [3.05, 3.63) is 17.4 Å². The Labute approximate surface area is 87.7 Å². The third-order valence-corrected chi connectivity index (χ3v) is 2.37. The topological polar surface area (TPSA) is 47.0 Å². The van der Waals surface area contributed by atoms with Crippen LogP contribution in [0.3, 0.4) is 0 Å². The molecule has 4 nitrogen and oxygen atoms in total. The van der Waals surface area contributed by atoms with Crippen LogP contribution in [0, 0.1) is 0 Å². The molecule has 1 aromatic heterocycles. The van der Waals surface area contributed by atoms with Crippen LogP contribution < -0.4 is 10.1 Å². The molecule has 0 spiro atoms. The lowest BCUT2D eigenvalue weighted by molar-refractivity contribution is 0.149. The van der Waals surface area contributed by atoms with Gasteiger partial charge in [0.1, 0.15) is 11.3 Å². The van der Waals surface area contributed by atoms with E-state index in [1.54, 1.807) is 12.3 Å². The highest BCUT2D eigenvalue weighted by Crippen LogP contribution is 2.13. The van der Waals surface area contributed by atoms with Gasteiger partial charge in [-0.05, 0) is 32.0 Å². The number of hydrogen-bond donors (Lipinski definition) is 1. The van der Waals surface area contributed by atoms with E-state index in [4.69, 9.17) is 16.3 Å². The van der Waals surface area contributed by atoms with E-state index in [0.717, 1.165) is 25.9 Å². The van der Waals surface area contributed by atoms with Gasteiger partial charge in [0.25, 0.3) is 0 Å². The van der Waals surface area contributed by atoms with Gasteiger partial charge >= 0.3 is 6.01 Å². The maximum Gasteiger partial charge on any atom is 0.318 e. The van der Waals surface area contributed by atoms with Crippen LogP contribution in [0.4, 0.5) is 0 Å². The highest BCUT2D eigenvalue weighted by atomic mass is 35.5. The molecular weight excluding hydrogens is 202 g/mol. The second-order valence-corrected chi connectivity index (χ2v) is 3.62. The lowest BCUT2D eigenvalue weighted by Gasteiger charge is -2.22. The van der Waals surface area contributed by atoms with Gasteiger partial charge in [0.15, 0.2) is 0 Å². The smallest absolute Gasteiger partial charge is 0.318 e. The summed E-state index contributed by atoms with van der Waals surface area (Å²) >= 11 is 5.72. The molecular formula is C9H12ClN3O. The Kier molecular flexibility index (Phi) is 3.16. The zero-order valence-electron chi connectivity index (χ0n) is 7.74. The maximum atomic E-state index is 5.72. The minimum absolute atomic E-state index is 0.217. The molecule has 0 atom stereocenters. The molecule has 0 radical (unpaired) electrons. The number of rotatable bonds is 2. The quantitative estimate of drug-likeness (QED) is 0.752. The van der Waals surface area contributed by atoms with Crippen molar-refractivity contribution in [1.29, 1.82) is 0 Å². The predicted octanol–water partition coefficient (Wildman–Crippen LogP) is 1.26. The van der Waals surface area contributed by atoms with Crippen LogP contribution in [-0.2, 0) is 0 Å². The van der Waals surface area contributed by atoms with Crippen LogP contribution in [-0.4, -0.2) is 29.2 Å². The van der Waals surface area contributed by atoms with Crippen molar-refractivity contribution >= 4 is 11.6 Å². The Bertz CT molecular complexity index is 302. The Balaban J connectivity index is 1.95. The molecule has 1 aromatic rings. The molecule has 14 heavy (non-hydrogen) atoms. The normalized spacial score (nSPS) is 18.1. The summed E-state index contributed by atoms with van der Waals surface area (Å²) in [4.78, 5) is 7.97. The molecule has 1 aliphatic heterocycles. The fourth-order valence-electron chi connectivity index (χ4n) is 1.44.